The highest BCUT2D eigenvalue weighted by molar-refractivity contribution is 6.30. The first-order valence-electron chi connectivity index (χ1n) is 5.62. The van der Waals surface area contributed by atoms with Crippen molar-refractivity contribution in [3.8, 4) is 11.5 Å². The second-order valence-electron chi connectivity index (χ2n) is 3.90. The average Bonchev–Trinajstić information content (AvgIpc) is 2.45. The molecular weight excluding hydrogens is 285 g/mol. The van der Waals surface area contributed by atoms with Crippen LogP contribution in [0.3, 0.4) is 0 Å². The number of esters is 1. The van der Waals surface area contributed by atoms with Crippen LogP contribution in [0, 0.1) is 5.82 Å². The molecule has 0 fully saturated rings. The van der Waals surface area contributed by atoms with Crippen molar-refractivity contribution in [1.29, 1.82) is 0 Å². The lowest BCUT2D eigenvalue weighted by atomic mass is 10.2. The summed E-state index contributed by atoms with van der Waals surface area (Å²) in [4.78, 5) is 11.3. The maximum absolute atomic E-state index is 13.7. The Morgan fingerprint density at radius 2 is 2.00 bits per heavy atom. The summed E-state index contributed by atoms with van der Waals surface area (Å²) in [5.41, 5.74) is 6.23. The Morgan fingerprint density at radius 3 is 2.65 bits per heavy atom. The van der Waals surface area contributed by atoms with E-state index in [2.05, 4.69) is 4.74 Å². The van der Waals surface area contributed by atoms with Crippen LogP contribution in [-0.2, 0) is 4.74 Å². The van der Waals surface area contributed by atoms with E-state index < -0.39 is 11.8 Å². The number of ether oxygens (including phenoxy) is 2. The summed E-state index contributed by atoms with van der Waals surface area (Å²) in [5, 5.41) is -0.0488. The van der Waals surface area contributed by atoms with Crippen molar-refractivity contribution in [1.82, 2.24) is 0 Å². The second kappa shape index (κ2) is 5.79. The van der Waals surface area contributed by atoms with E-state index in [9.17, 15) is 9.18 Å². The molecule has 104 valence electrons. The second-order valence-corrected chi connectivity index (χ2v) is 4.31. The van der Waals surface area contributed by atoms with E-state index in [1.54, 1.807) is 6.07 Å². The Bertz CT molecular complexity index is 661. The Kier molecular flexibility index (Phi) is 4.10. The maximum Gasteiger partial charge on any atom is 0.337 e. The van der Waals surface area contributed by atoms with Gasteiger partial charge in [-0.15, -0.1) is 0 Å². The van der Waals surface area contributed by atoms with Gasteiger partial charge in [-0.25, -0.2) is 9.18 Å². The smallest absolute Gasteiger partial charge is 0.337 e. The number of halogens is 2. The zero-order valence-corrected chi connectivity index (χ0v) is 11.3. The number of anilines is 1. The highest BCUT2D eigenvalue weighted by Crippen LogP contribution is 2.32. The summed E-state index contributed by atoms with van der Waals surface area (Å²) in [6.07, 6.45) is 0. The molecule has 2 N–H and O–H groups in total. The van der Waals surface area contributed by atoms with Gasteiger partial charge in [0.15, 0.2) is 17.3 Å². The van der Waals surface area contributed by atoms with E-state index in [-0.39, 0.29) is 27.8 Å². The van der Waals surface area contributed by atoms with Gasteiger partial charge < -0.3 is 15.2 Å². The van der Waals surface area contributed by atoms with Crippen LogP contribution in [0.4, 0.5) is 10.1 Å². The van der Waals surface area contributed by atoms with Gasteiger partial charge in [-0.2, -0.15) is 0 Å². The number of methoxy groups -OCH3 is 1. The normalized spacial score (nSPS) is 10.2. The molecule has 0 aliphatic heterocycles. The van der Waals surface area contributed by atoms with Gasteiger partial charge >= 0.3 is 5.97 Å². The minimum atomic E-state index is -0.675. The Morgan fingerprint density at radius 1 is 1.25 bits per heavy atom. The number of nitrogens with two attached hydrogens (primary N) is 1. The number of carbonyl (C=O) groups is 1. The molecular formula is C14H11ClFNO3. The molecule has 6 heteroatoms. The molecule has 0 atom stereocenters. The van der Waals surface area contributed by atoms with Gasteiger partial charge in [0.1, 0.15) is 0 Å². The minimum Gasteiger partial charge on any atom is -0.465 e. The van der Waals surface area contributed by atoms with Crippen molar-refractivity contribution in [3.63, 3.8) is 0 Å². The van der Waals surface area contributed by atoms with Crippen molar-refractivity contribution in [2.75, 3.05) is 12.8 Å². The SMILES string of the molecule is COC(=O)c1ccc(Oc2cccc(Cl)c2F)c(N)c1. The van der Waals surface area contributed by atoms with Crippen LogP contribution in [0.5, 0.6) is 11.5 Å². The molecule has 2 aromatic carbocycles. The molecule has 0 spiro atoms. The van der Waals surface area contributed by atoms with Gasteiger partial charge in [-0.05, 0) is 30.3 Å². The molecule has 0 aromatic heterocycles. The number of hydrogen-bond acceptors (Lipinski definition) is 4. The fourth-order valence-corrected chi connectivity index (χ4v) is 1.73. The lowest BCUT2D eigenvalue weighted by molar-refractivity contribution is 0.0601. The first-order chi connectivity index (χ1) is 9.52. The highest BCUT2D eigenvalue weighted by Gasteiger charge is 2.12. The molecule has 0 heterocycles. The van der Waals surface area contributed by atoms with Crippen molar-refractivity contribution < 1.29 is 18.7 Å². The Labute approximate surface area is 119 Å². The van der Waals surface area contributed by atoms with Crippen molar-refractivity contribution in [2.24, 2.45) is 0 Å². The molecule has 0 aliphatic rings. The fraction of sp³-hybridized carbons (Fsp3) is 0.0714. The Balaban J connectivity index is 2.30. The summed E-state index contributed by atoms with van der Waals surface area (Å²) in [6.45, 7) is 0. The van der Waals surface area contributed by atoms with Gasteiger partial charge in [0.2, 0.25) is 0 Å². The number of benzene rings is 2. The molecule has 0 saturated heterocycles. The molecule has 0 amide bonds. The van der Waals surface area contributed by atoms with E-state index in [4.69, 9.17) is 22.1 Å². The van der Waals surface area contributed by atoms with Crippen LogP contribution in [0.1, 0.15) is 10.4 Å². The van der Waals surface area contributed by atoms with Crippen molar-refractivity contribution in [3.05, 3.63) is 52.8 Å². The van der Waals surface area contributed by atoms with Crippen molar-refractivity contribution in [2.45, 2.75) is 0 Å². The van der Waals surface area contributed by atoms with Crippen molar-refractivity contribution >= 4 is 23.3 Å². The van der Waals surface area contributed by atoms with Crippen LogP contribution >= 0.6 is 11.6 Å². The molecule has 2 aromatic rings. The van der Waals surface area contributed by atoms with E-state index >= 15 is 0 Å². The molecule has 2 rings (SSSR count). The molecule has 0 unspecified atom stereocenters. The van der Waals surface area contributed by atoms with Crippen LogP contribution in [0.25, 0.3) is 0 Å². The van der Waals surface area contributed by atoms with E-state index in [1.807, 2.05) is 0 Å². The van der Waals surface area contributed by atoms with Crippen LogP contribution in [-0.4, -0.2) is 13.1 Å². The zero-order chi connectivity index (χ0) is 14.7. The summed E-state index contributed by atoms with van der Waals surface area (Å²) in [7, 11) is 1.27. The van der Waals surface area contributed by atoms with E-state index in [0.717, 1.165) is 0 Å². The summed E-state index contributed by atoms with van der Waals surface area (Å²) >= 11 is 5.66. The van der Waals surface area contributed by atoms with Gasteiger partial charge in [0, 0.05) is 0 Å². The molecule has 0 bridgehead atoms. The maximum atomic E-state index is 13.7. The average molecular weight is 296 g/mol. The predicted molar refractivity (Wildman–Crippen MR) is 73.7 cm³/mol. The van der Waals surface area contributed by atoms with Gasteiger partial charge in [-0.1, -0.05) is 17.7 Å². The van der Waals surface area contributed by atoms with E-state index in [0.29, 0.717) is 0 Å². The lowest BCUT2D eigenvalue weighted by Crippen LogP contribution is -2.03. The summed E-state index contributed by atoms with van der Waals surface area (Å²) in [6, 6.07) is 8.72. The molecule has 0 radical (unpaired) electrons. The first kappa shape index (κ1) is 14.1. The first-order valence-corrected chi connectivity index (χ1v) is 6.00. The number of nitrogen functional groups attached to an aromatic ring is 1. The topological polar surface area (TPSA) is 61.5 Å². The van der Waals surface area contributed by atoms with E-state index in [1.165, 1.54) is 37.4 Å². The van der Waals surface area contributed by atoms with Crippen LogP contribution in [0.15, 0.2) is 36.4 Å². The minimum absolute atomic E-state index is 0.0463. The largest absolute Gasteiger partial charge is 0.465 e. The number of rotatable bonds is 3. The Hall–Kier alpha value is -2.27. The van der Waals surface area contributed by atoms with Gasteiger partial charge in [0.05, 0.1) is 23.4 Å². The van der Waals surface area contributed by atoms with Crippen LogP contribution < -0.4 is 10.5 Å². The zero-order valence-electron chi connectivity index (χ0n) is 10.5. The number of carbonyl (C=O) groups excluding carboxylic acids is 1. The third-order valence-electron chi connectivity index (χ3n) is 2.57. The number of hydrogen-bond donors (Lipinski definition) is 1. The van der Waals surface area contributed by atoms with Crippen LogP contribution in [0.2, 0.25) is 5.02 Å². The molecule has 4 nitrogen and oxygen atoms in total. The third kappa shape index (κ3) is 2.83. The highest BCUT2D eigenvalue weighted by atomic mass is 35.5. The fourth-order valence-electron chi connectivity index (χ4n) is 1.57. The van der Waals surface area contributed by atoms with Gasteiger partial charge in [-0.3, -0.25) is 0 Å². The third-order valence-corrected chi connectivity index (χ3v) is 2.86. The molecule has 0 aliphatic carbocycles. The van der Waals surface area contributed by atoms with Gasteiger partial charge in [0.25, 0.3) is 0 Å². The lowest BCUT2D eigenvalue weighted by Gasteiger charge is -2.10. The molecule has 20 heavy (non-hydrogen) atoms. The monoisotopic (exact) mass is 295 g/mol. The molecule has 0 saturated carbocycles. The standard InChI is InChI=1S/C14H11ClFNO3/c1-19-14(18)8-5-6-11(10(17)7-8)20-12-4-2-3-9(15)13(12)16/h2-7H,17H2,1H3. The predicted octanol–water partition coefficient (Wildman–Crippen LogP) is 3.64. The summed E-state index contributed by atoms with van der Waals surface area (Å²) < 4.78 is 23.6. The quantitative estimate of drug-likeness (QED) is 0.693. The summed E-state index contributed by atoms with van der Waals surface area (Å²) in [5.74, 6) is -1.02.